The molecule has 0 aliphatic heterocycles. The molecule has 0 unspecified atom stereocenters. The standard InChI is InChI=1S/C14H12O2S/c1-11-7-5-6-10-13(11)14(17-15)16-12-8-3-2-4-9-12/h2-10H,1H3. The molecule has 0 spiro atoms. The van der Waals surface area contributed by atoms with Crippen molar-refractivity contribution < 1.29 is 8.95 Å². The van der Waals surface area contributed by atoms with Crippen molar-refractivity contribution in [1.82, 2.24) is 0 Å². The largest absolute Gasteiger partial charge is 0.443 e. The second-order valence-corrected chi connectivity index (χ2v) is 4.14. The van der Waals surface area contributed by atoms with Crippen LogP contribution in [0.1, 0.15) is 11.1 Å². The van der Waals surface area contributed by atoms with Crippen LogP contribution in [0, 0.1) is 6.92 Å². The zero-order valence-corrected chi connectivity index (χ0v) is 10.2. The molecule has 2 nitrogen and oxygen atoms in total. The van der Waals surface area contributed by atoms with Gasteiger partial charge in [0.15, 0.2) is 0 Å². The number of rotatable bonds is 2. The highest BCUT2D eigenvalue weighted by Gasteiger charge is 2.08. The first-order valence-corrected chi connectivity index (χ1v) is 6.01. The van der Waals surface area contributed by atoms with Crippen molar-refractivity contribution >= 4 is 16.3 Å². The summed E-state index contributed by atoms with van der Waals surface area (Å²) in [4.78, 5) is 0. The van der Waals surface area contributed by atoms with Crippen LogP contribution in [0.2, 0.25) is 0 Å². The maximum atomic E-state index is 11.1. The highest BCUT2D eigenvalue weighted by atomic mass is 32.1. The molecule has 0 aliphatic carbocycles. The van der Waals surface area contributed by atoms with E-state index in [0.29, 0.717) is 22.1 Å². The van der Waals surface area contributed by atoms with E-state index < -0.39 is 0 Å². The zero-order chi connectivity index (χ0) is 12.1. The predicted molar refractivity (Wildman–Crippen MR) is 70.5 cm³/mol. The van der Waals surface area contributed by atoms with E-state index in [4.69, 9.17) is 4.74 Å². The first-order valence-electron chi connectivity index (χ1n) is 5.27. The topological polar surface area (TPSA) is 26.3 Å². The number of hydrogen-bond donors (Lipinski definition) is 0. The average molecular weight is 244 g/mol. The van der Waals surface area contributed by atoms with Crippen molar-refractivity contribution in [3.8, 4) is 5.75 Å². The minimum atomic E-state index is 0.376. The van der Waals surface area contributed by atoms with Crippen LogP contribution < -0.4 is 4.74 Å². The van der Waals surface area contributed by atoms with Gasteiger partial charge in [0.1, 0.15) is 17.0 Å². The summed E-state index contributed by atoms with van der Waals surface area (Å²) >= 11 is 0.376. The Kier molecular flexibility index (Phi) is 3.73. The minimum Gasteiger partial charge on any atom is -0.443 e. The van der Waals surface area contributed by atoms with E-state index in [0.717, 1.165) is 11.1 Å². The smallest absolute Gasteiger partial charge is 0.227 e. The lowest BCUT2D eigenvalue weighted by atomic mass is 10.1. The van der Waals surface area contributed by atoms with Crippen molar-refractivity contribution in [2.24, 2.45) is 0 Å². The van der Waals surface area contributed by atoms with Crippen molar-refractivity contribution in [1.29, 1.82) is 0 Å². The molecular formula is C14H12O2S. The molecular weight excluding hydrogens is 232 g/mol. The van der Waals surface area contributed by atoms with Crippen LogP contribution in [0.25, 0.3) is 0 Å². The molecule has 0 radical (unpaired) electrons. The van der Waals surface area contributed by atoms with Crippen LogP contribution in [-0.4, -0.2) is 9.26 Å². The number of hydrogen-bond acceptors (Lipinski definition) is 2. The Bertz CT molecular complexity index is 557. The van der Waals surface area contributed by atoms with Crippen LogP contribution in [-0.2, 0) is 11.3 Å². The highest BCUT2D eigenvalue weighted by Crippen LogP contribution is 2.13. The van der Waals surface area contributed by atoms with Crippen molar-refractivity contribution in [2.75, 3.05) is 0 Å². The van der Waals surface area contributed by atoms with Crippen LogP contribution in [0.3, 0.4) is 0 Å². The van der Waals surface area contributed by atoms with Gasteiger partial charge in [0.2, 0.25) is 5.05 Å². The average Bonchev–Trinajstić information content (AvgIpc) is 2.38. The first kappa shape index (κ1) is 11.6. The lowest BCUT2D eigenvalue weighted by molar-refractivity contribution is 0.564. The van der Waals surface area contributed by atoms with E-state index in [2.05, 4.69) is 0 Å². The normalized spacial score (nSPS) is 9.71. The van der Waals surface area contributed by atoms with Crippen molar-refractivity contribution in [2.45, 2.75) is 6.92 Å². The summed E-state index contributed by atoms with van der Waals surface area (Å²) in [6.45, 7) is 1.96. The Morgan fingerprint density at radius 2 is 1.65 bits per heavy atom. The second kappa shape index (κ2) is 5.46. The van der Waals surface area contributed by atoms with Gasteiger partial charge in [0, 0.05) is 5.56 Å². The lowest BCUT2D eigenvalue weighted by Crippen LogP contribution is -2.11. The summed E-state index contributed by atoms with van der Waals surface area (Å²) in [5, 5.41) is 0.384. The van der Waals surface area contributed by atoms with Crippen molar-refractivity contribution in [3.05, 3.63) is 65.7 Å². The Morgan fingerprint density at radius 3 is 2.29 bits per heavy atom. The molecule has 0 atom stereocenters. The number of ether oxygens (including phenoxy) is 1. The van der Waals surface area contributed by atoms with E-state index in [9.17, 15) is 4.21 Å². The molecule has 3 heteroatoms. The van der Waals surface area contributed by atoms with Crippen LogP contribution >= 0.6 is 0 Å². The summed E-state index contributed by atoms with van der Waals surface area (Å²) < 4.78 is 16.7. The van der Waals surface area contributed by atoms with E-state index >= 15 is 0 Å². The first-order chi connectivity index (χ1) is 8.31. The summed E-state index contributed by atoms with van der Waals surface area (Å²) in [5.74, 6) is 0.675. The molecule has 0 saturated carbocycles. The highest BCUT2D eigenvalue weighted by molar-refractivity contribution is 7.66. The molecule has 0 aliphatic rings. The summed E-state index contributed by atoms with van der Waals surface area (Å²) in [6, 6.07) is 17.0. The lowest BCUT2D eigenvalue weighted by Gasteiger charge is -2.08. The summed E-state index contributed by atoms with van der Waals surface area (Å²) in [7, 11) is 0. The van der Waals surface area contributed by atoms with E-state index in [1.807, 2.05) is 61.5 Å². The van der Waals surface area contributed by atoms with Gasteiger partial charge < -0.3 is 4.74 Å². The molecule has 2 aromatic rings. The van der Waals surface area contributed by atoms with Gasteiger partial charge >= 0.3 is 0 Å². The maximum Gasteiger partial charge on any atom is 0.227 e. The van der Waals surface area contributed by atoms with Gasteiger partial charge in [-0.2, -0.15) is 0 Å². The maximum absolute atomic E-state index is 11.1. The molecule has 0 saturated heterocycles. The Hall–Kier alpha value is -1.87. The fourth-order valence-electron chi connectivity index (χ4n) is 1.51. The molecule has 0 bridgehead atoms. The molecule has 0 aromatic heterocycles. The number of benzene rings is 2. The SMILES string of the molecule is Cc1ccccc1C(Oc1ccccc1)=S=O. The van der Waals surface area contributed by atoms with Gasteiger partial charge in [-0.05, 0) is 30.7 Å². The Labute approximate surface area is 104 Å². The molecule has 86 valence electrons. The number of aryl methyl sites for hydroxylation is 1. The molecule has 0 N–H and O–H groups in total. The quantitative estimate of drug-likeness (QED) is 0.759. The van der Waals surface area contributed by atoms with Gasteiger partial charge in [-0.1, -0.05) is 36.4 Å². The Morgan fingerprint density at radius 1 is 1.00 bits per heavy atom. The molecule has 17 heavy (non-hydrogen) atoms. The van der Waals surface area contributed by atoms with Crippen LogP contribution in [0.15, 0.2) is 54.6 Å². The zero-order valence-electron chi connectivity index (χ0n) is 9.42. The van der Waals surface area contributed by atoms with Gasteiger partial charge in [0.05, 0.1) is 0 Å². The number of para-hydroxylation sites is 1. The third-order valence-electron chi connectivity index (χ3n) is 2.39. The third kappa shape index (κ3) is 2.82. The molecule has 0 amide bonds. The second-order valence-electron chi connectivity index (χ2n) is 3.60. The monoisotopic (exact) mass is 244 g/mol. The van der Waals surface area contributed by atoms with Crippen LogP contribution in [0.5, 0.6) is 5.75 Å². The predicted octanol–water partition coefficient (Wildman–Crippen LogP) is 2.77. The van der Waals surface area contributed by atoms with Crippen LogP contribution in [0.4, 0.5) is 0 Å². The third-order valence-corrected chi connectivity index (χ3v) is 2.85. The minimum absolute atomic E-state index is 0.376. The van der Waals surface area contributed by atoms with Gasteiger partial charge in [0.25, 0.3) is 0 Å². The van der Waals surface area contributed by atoms with Gasteiger partial charge in [-0.15, -0.1) is 0 Å². The summed E-state index contributed by atoms with van der Waals surface area (Å²) in [6.07, 6.45) is 0. The van der Waals surface area contributed by atoms with Crippen molar-refractivity contribution in [3.63, 3.8) is 0 Å². The fourth-order valence-corrected chi connectivity index (χ4v) is 1.96. The molecule has 2 rings (SSSR count). The van der Waals surface area contributed by atoms with E-state index in [1.54, 1.807) is 0 Å². The molecule has 0 fully saturated rings. The van der Waals surface area contributed by atoms with E-state index in [-0.39, 0.29) is 0 Å². The molecule has 0 heterocycles. The summed E-state index contributed by atoms with van der Waals surface area (Å²) in [5.41, 5.74) is 1.87. The fraction of sp³-hybridized carbons (Fsp3) is 0.0714. The Balaban J connectivity index is 2.31. The van der Waals surface area contributed by atoms with Gasteiger partial charge in [-0.3, -0.25) is 0 Å². The molecule has 2 aromatic carbocycles. The van der Waals surface area contributed by atoms with E-state index in [1.165, 1.54) is 0 Å². The van der Waals surface area contributed by atoms with Gasteiger partial charge in [-0.25, -0.2) is 4.21 Å².